The van der Waals surface area contributed by atoms with Gasteiger partial charge in [-0.3, -0.25) is 0 Å². The zero-order chi connectivity index (χ0) is 13.9. The van der Waals surface area contributed by atoms with E-state index in [1.165, 1.54) is 6.42 Å². The van der Waals surface area contributed by atoms with Gasteiger partial charge in [0, 0.05) is 24.7 Å². The normalized spacial score (nSPS) is 29.3. The molecular formula is C13H27N3O2S. The van der Waals surface area contributed by atoms with E-state index in [0.717, 1.165) is 44.9 Å². The van der Waals surface area contributed by atoms with Gasteiger partial charge < -0.3 is 5.73 Å². The average Bonchev–Trinajstić information content (AvgIpc) is 2.39. The third kappa shape index (κ3) is 3.48. The molecule has 2 aliphatic rings. The molecule has 6 heteroatoms. The van der Waals surface area contributed by atoms with E-state index in [9.17, 15) is 8.42 Å². The molecule has 112 valence electrons. The van der Waals surface area contributed by atoms with Crippen molar-refractivity contribution < 1.29 is 8.42 Å². The van der Waals surface area contributed by atoms with Crippen molar-refractivity contribution in [1.29, 1.82) is 0 Å². The minimum atomic E-state index is -3.40. The fourth-order valence-corrected chi connectivity index (χ4v) is 5.24. The molecule has 1 atom stereocenters. The van der Waals surface area contributed by atoms with Gasteiger partial charge in [-0.1, -0.05) is 25.7 Å². The van der Waals surface area contributed by atoms with Crippen molar-refractivity contribution in [2.75, 3.05) is 13.1 Å². The van der Waals surface area contributed by atoms with Crippen LogP contribution < -0.4 is 10.5 Å². The van der Waals surface area contributed by atoms with E-state index >= 15 is 0 Å². The zero-order valence-corrected chi connectivity index (χ0v) is 12.7. The molecule has 1 unspecified atom stereocenters. The summed E-state index contributed by atoms with van der Waals surface area (Å²) in [6, 6.07) is 0.102. The van der Waals surface area contributed by atoms with Crippen LogP contribution in [0.2, 0.25) is 0 Å². The van der Waals surface area contributed by atoms with Gasteiger partial charge in [0.15, 0.2) is 0 Å². The molecule has 1 aliphatic carbocycles. The fraction of sp³-hybridized carbons (Fsp3) is 1.00. The second-order valence-electron chi connectivity index (χ2n) is 6.11. The SMILES string of the molecule is CC1CCCCN1S(=O)(=O)NC1(CN)CCCCC1. The molecule has 1 saturated carbocycles. The molecule has 1 heterocycles. The van der Waals surface area contributed by atoms with Crippen molar-refractivity contribution >= 4 is 10.2 Å². The molecular weight excluding hydrogens is 262 g/mol. The molecule has 2 fully saturated rings. The summed E-state index contributed by atoms with van der Waals surface area (Å²) in [5, 5.41) is 0. The molecule has 0 spiro atoms. The van der Waals surface area contributed by atoms with Crippen LogP contribution in [-0.2, 0) is 10.2 Å². The molecule has 0 radical (unpaired) electrons. The standard InChI is InChI=1S/C13H27N3O2S/c1-12-7-3-6-10-16(12)19(17,18)15-13(11-14)8-4-2-5-9-13/h12,15H,2-11,14H2,1H3. The second kappa shape index (κ2) is 6.08. The van der Waals surface area contributed by atoms with Crippen molar-refractivity contribution in [3.8, 4) is 0 Å². The van der Waals surface area contributed by atoms with Crippen LogP contribution in [0.3, 0.4) is 0 Å². The van der Waals surface area contributed by atoms with Gasteiger partial charge in [-0.2, -0.15) is 17.4 Å². The highest BCUT2D eigenvalue weighted by Gasteiger charge is 2.38. The van der Waals surface area contributed by atoms with Crippen LogP contribution in [0.15, 0.2) is 0 Å². The minimum absolute atomic E-state index is 0.102. The molecule has 5 nitrogen and oxygen atoms in total. The summed E-state index contributed by atoms with van der Waals surface area (Å²) in [5.41, 5.74) is 5.46. The molecule has 0 aromatic rings. The summed E-state index contributed by atoms with van der Waals surface area (Å²) < 4.78 is 29.7. The topological polar surface area (TPSA) is 75.4 Å². The summed E-state index contributed by atoms with van der Waals surface area (Å²) in [5.74, 6) is 0. The number of piperidine rings is 1. The number of hydrogen-bond acceptors (Lipinski definition) is 3. The molecule has 1 aliphatic heterocycles. The van der Waals surface area contributed by atoms with Crippen molar-refractivity contribution in [1.82, 2.24) is 9.03 Å². The van der Waals surface area contributed by atoms with Crippen molar-refractivity contribution in [3.63, 3.8) is 0 Å². The maximum Gasteiger partial charge on any atom is 0.280 e. The Hall–Kier alpha value is -0.170. The summed E-state index contributed by atoms with van der Waals surface area (Å²) in [7, 11) is -3.40. The van der Waals surface area contributed by atoms with Crippen LogP contribution in [0.5, 0.6) is 0 Å². The predicted molar refractivity (Wildman–Crippen MR) is 76.9 cm³/mol. The predicted octanol–water partition coefficient (Wildman–Crippen LogP) is 1.36. The van der Waals surface area contributed by atoms with Crippen molar-refractivity contribution in [3.05, 3.63) is 0 Å². The Bertz CT molecular complexity index is 391. The molecule has 0 bridgehead atoms. The van der Waals surface area contributed by atoms with Crippen LogP contribution in [0.1, 0.15) is 58.3 Å². The third-order valence-corrected chi connectivity index (χ3v) is 6.45. The number of rotatable bonds is 4. The maximum absolute atomic E-state index is 12.6. The maximum atomic E-state index is 12.6. The van der Waals surface area contributed by atoms with Gasteiger partial charge in [0.25, 0.3) is 10.2 Å². The number of nitrogens with zero attached hydrogens (tertiary/aromatic N) is 1. The first-order valence-corrected chi connectivity index (χ1v) is 8.94. The van der Waals surface area contributed by atoms with E-state index < -0.39 is 15.7 Å². The van der Waals surface area contributed by atoms with Crippen LogP contribution in [0, 0.1) is 0 Å². The molecule has 0 amide bonds. The lowest BCUT2D eigenvalue weighted by Gasteiger charge is -2.40. The smallest absolute Gasteiger partial charge is 0.280 e. The summed E-state index contributed by atoms with van der Waals surface area (Å²) in [6.07, 6.45) is 8.08. The van der Waals surface area contributed by atoms with Crippen LogP contribution in [-0.4, -0.2) is 37.4 Å². The van der Waals surface area contributed by atoms with Gasteiger partial charge in [0.1, 0.15) is 0 Å². The van der Waals surface area contributed by atoms with E-state index in [1.54, 1.807) is 4.31 Å². The monoisotopic (exact) mass is 289 g/mol. The lowest BCUT2D eigenvalue weighted by atomic mass is 9.83. The highest BCUT2D eigenvalue weighted by Crippen LogP contribution is 2.29. The van der Waals surface area contributed by atoms with Gasteiger partial charge in [-0.15, -0.1) is 0 Å². The molecule has 2 rings (SSSR count). The molecule has 0 aromatic heterocycles. The van der Waals surface area contributed by atoms with E-state index in [0.29, 0.717) is 13.1 Å². The number of hydrogen-bond donors (Lipinski definition) is 2. The third-order valence-electron chi connectivity index (χ3n) is 4.60. The Labute approximate surface area is 117 Å². The lowest BCUT2D eigenvalue weighted by Crippen LogP contribution is -2.59. The second-order valence-corrected chi connectivity index (χ2v) is 7.73. The first-order valence-electron chi connectivity index (χ1n) is 7.50. The van der Waals surface area contributed by atoms with Crippen LogP contribution in [0.4, 0.5) is 0 Å². The summed E-state index contributed by atoms with van der Waals surface area (Å²) in [6.45, 7) is 3.03. The molecule has 19 heavy (non-hydrogen) atoms. The highest BCUT2D eigenvalue weighted by atomic mass is 32.2. The van der Waals surface area contributed by atoms with Crippen molar-refractivity contribution in [2.24, 2.45) is 5.73 Å². The molecule has 3 N–H and O–H groups in total. The van der Waals surface area contributed by atoms with Gasteiger partial charge in [-0.25, -0.2) is 0 Å². The van der Waals surface area contributed by atoms with Crippen molar-refractivity contribution in [2.45, 2.75) is 69.9 Å². The van der Waals surface area contributed by atoms with E-state index in [-0.39, 0.29) is 6.04 Å². The molecule has 1 saturated heterocycles. The van der Waals surface area contributed by atoms with Gasteiger partial charge >= 0.3 is 0 Å². The molecule has 0 aromatic carbocycles. The van der Waals surface area contributed by atoms with Gasteiger partial charge in [-0.05, 0) is 32.6 Å². The minimum Gasteiger partial charge on any atom is -0.329 e. The Morgan fingerprint density at radius 3 is 2.47 bits per heavy atom. The Balaban J connectivity index is 2.10. The highest BCUT2D eigenvalue weighted by molar-refractivity contribution is 7.87. The summed E-state index contributed by atoms with van der Waals surface area (Å²) >= 11 is 0. The number of nitrogens with two attached hydrogens (primary N) is 1. The van der Waals surface area contributed by atoms with Crippen LogP contribution in [0.25, 0.3) is 0 Å². The Kier molecular flexibility index (Phi) is 4.87. The van der Waals surface area contributed by atoms with Crippen LogP contribution >= 0.6 is 0 Å². The average molecular weight is 289 g/mol. The van der Waals surface area contributed by atoms with E-state index in [4.69, 9.17) is 5.73 Å². The Morgan fingerprint density at radius 1 is 1.21 bits per heavy atom. The quantitative estimate of drug-likeness (QED) is 0.820. The Morgan fingerprint density at radius 2 is 1.89 bits per heavy atom. The van der Waals surface area contributed by atoms with E-state index in [2.05, 4.69) is 4.72 Å². The number of nitrogens with one attached hydrogen (secondary N) is 1. The largest absolute Gasteiger partial charge is 0.329 e. The summed E-state index contributed by atoms with van der Waals surface area (Å²) in [4.78, 5) is 0. The van der Waals surface area contributed by atoms with Gasteiger partial charge in [0.2, 0.25) is 0 Å². The van der Waals surface area contributed by atoms with E-state index in [1.807, 2.05) is 6.92 Å². The first kappa shape index (κ1) is 15.2. The first-order chi connectivity index (χ1) is 8.99. The lowest BCUT2D eigenvalue weighted by molar-refractivity contribution is 0.238. The van der Waals surface area contributed by atoms with Gasteiger partial charge in [0.05, 0.1) is 0 Å². The fourth-order valence-electron chi connectivity index (χ4n) is 3.34. The zero-order valence-electron chi connectivity index (χ0n) is 11.9.